The average molecular weight is 393 g/mol. The van der Waals surface area contributed by atoms with E-state index in [2.05, 4.69) is 34.5 Å². The maximum atomic E-state index is 12.3. The first-order chi connectivity index (χ1) is 10.1. The molecule has 2 aromatic rings. The molecule has 4 heteroatoms. The number of rotatable bonds is 5. The first-order valence-electron chi connectivity index (χ1n) is 6.49. The molecular weight excluding hydrogens is 377 g/mol. The number of carbonyl (C=O) groups excluding carboxylic acids is 1. The van der Waals surface area contributed by atoms with Gasteiger partial charge < -0.3 is 10.1 Å². The van der Waals surface area contributed by atoms with Gasteiger partial charge in [0, 0.05) is 9.13 Å². The molecule has 0 saturated carbocycles. The molecule has 0 aliphatic heterocycles. The molecule has 2 rings (SSSR count). The number of anilines is 1. The van der Waals surface area contributed by atoms with Gasteiger partial charge in [0.2, 0.25) is 0 Å². The molecule has 0 atom stereocenters. The molecule has 21 heavy (non-hydrogen) atoms. The molecule has 0 fully saturated rings. The summed E-state index contributed by atoms with van der Waals surface area (Å²) in [6, 6.07) is 14.8. The molecule has 0 bridgehead atoms. The summed E-state index contributed by atoms with van der Waals surface area (Å²) >= 11 is 2.18. The predicted octanol–water partition coefficient (Wildman–Crippen LogP) is 4.50. The fourth-order valence-electron chi connectivity index (χ4n) is 1.72. The Kier molecular flexibility index (Phi) is 5.38. The smallest absolute Gasteiger partial charge is 0.255 e. The zero-order valence-corrected chi connectivity index (χ0v) is 13.9. The molecule has 0 heterocycles. The molecule has 2 aromatic carbocycles. The first kappa shape index (κ1) is 15.6. The largest absolute Gasteiger partial charge is 0.487 e. The van der Waals surface area contributed by atoms with Crippen molar-refractivity contribution in [1.82, 2.24) is 0 Å². The van der Waals surface area contributed by atoms with Crippen LogP contribution in [0.15, 0.2) is 60.7 Å². The molecule has 1 amide bonds. The van der Waals surface area contributed by atoms with E-state index in [1.54, 1.807) is 6.07 Å². The van der Waals surface area contributed by atoms with Crippen molar-refractivity contribution in [3.05, 3.63) is 69.8 Å². The molecule has 3 nitrogen and oxygen atoms in total. The van der Waals surface area contributed by atoms with Crippen LogP contribution in [-0.2, 0) is 0 Å². The van der Waals surface area contributed by atoms with Gasteiger partial charge in [-0.05, 0) is 65.4 Å². The second-order valence-corrected chi connectivity index (χ2v) is 5.95. The zero-order valence-electron chi connectivity index (χ0n) is 11.7. The Hall–Kier alpha value is -1.82. The van der Waals surface area contributed by atoms with Crippen LogP contribution in [0.5, 0.6) is 5.75 Å². The Morgan fingerprint density at radius 3 is 2.71 bits per heavy atom. The Morgan fingerprint density at radius 1 is 1.24 bits per heavy atom. The van der Waals surface area contributed by atoms with E-state index >= 15 is 0 Å². The monoisotopic (exact) mass is 393 g/mol. The van der Waals surface area contributed by atoms with Crippen LogP contribution in [0, 0.1) is 3.57 Å². The van der Waals surface area contributed by atoms with Crippen molar-refractivity contribution in [2.24, 2.45) is 0 Å². The topological polar surface area (TPSA) is 38.3 Å². The second kappa shape index (κ2) is 7.26. The van der Waals surface area contributed by atoms with Crippen LogP contribution in [0.2, 0.25) is 0 Å². The molecule has 0 aromatic heterocycles. The highest BCUT2D eigenvalue weighted by Crippen LogP contribution is 2.25. The van der Waals surface area contributed by atoms with E-state index in [1.807, 2.05) is 49.4 Å². The van der Waals surface area contributed by atoms with Gasteiger partial charge in [0.25, 0.3) is 5.91 Å². The number of hydrogen-bond acceptors (Lipinski definition) is 2. The van der Waals surface area contributed by atoms with E-state index in [1.165, 1.54) is 0 Å². The number of halogens is 1. The summed E-state index contributed by atoms with van der Waals surface area (Å²) in [4.78, 5) is 12.3. The standard InChI is InChI=1S/C17H16INO2/c1-12(2)11-21-16-9-4-3-8-15(16)19-17(20)13-6-5-7-14(18)10-13/h3-10H,1,11H2,2H3,(H,19,20). The first-order valence-corrected chi connectivity index (χ1v) is 7.57. The average Bonchev–Trinajstić information content (AvgIpc) is 2.46. The molecular formula is C17H16INO2. The van der Waals surface area contributed by atoms with Crippen LogP contribution in [0.1, 0.15) is 17.3 Å². The van der Waals surface area contributed by atoms with Gasteiger partial charge in [-0.15, -0.1) is 0 Å². The maximum Gasteiger partial charge on any atom is 0.255 e. The number of para-hydroxylation sites is 2. The van der Waals surface area contributed by atoms with Crippen LogP contribution in [0.3, 0.4) is 0 Å². The SMILES string of the molecule is C=C(C)COc1ccccc1NC(=O)c1cccc(I)c1. The van der Waals surface area contributed by atoms with Crippen molar-refractivity contribution in [3.8, 4) is 5.75 Å². The number of amides is 1. The number of hydrogen-bond donors (Lipinski definition) is 1. The van der Waals surface area contributed by atoms with E-state index in [-0.39, 0.29) is 5.91 Å². The van der Waals surface area contributed by atoms with Crippen molar-refractivity contribution in [3.63, 3.8) is 0 Å². The minimum absolute atomic E-state index is 0.153. The van der Waals surface area contributed by atoms with Gasteiger partial charge in [-0.3, -0.25) is 4.79 Å². The third kappa shape index (κ3) is 4.60. The van der Waals surface area contributed by atoms with Crippen molar-refractivity contribution in [2.45, 2.75) is 6.92 Å². The summed E-state index contributed by atoms with van der Waals surface area (Å²) < 4.78 is 6.66. The van der Waals surface area contributed by atoms with Gasteiger partial charge in [-0.1, -0.05) is 24.8 Å². The highest BCUT2D eigenvalue weighted by molar-refractivity contribution is 14.1. The van der Waals surface area contributed by atoms with Crippen molar-refractivity contribution in [2.75, 3.05) is 11.9 Å². The fraction of sp³-hybridized carbons (Fsp3) is 0.118. The zero-order chi connectivity index (χ0) is 15.2. The Balaban J connectivity index is 2.15. The number of carbonyl (C=O) groups is 1. The van der Waals surface area contributed by atoms with Crippen LogP contribution < -0.4 is 10.1 Å². The van der Waals surface area contributed by atoms with Crippen molar-refractivity contribution >= 4 is 34.2 Å². The number of benzene rings is 2. The lowest BCUT2D eigenvalue weighted by Gasteiger charge is -2.12. The van der Waals surface area contributed by atoms with Gasteiger partial charge >= 0.3 is 0 Å². The third-order valence-electron chi connectivity index (χ3n) is 2.70. The molecule has 0 aliphatic carbocycles. The van der Waals surface area contributed by atoms with Gasteiger partial charge in [-0.25, -0.2) is 0 Å². The lowest BCUT2D eigenvalue weighted by molar-refractivity contribution is 0.102. The van der Waals surface area contributed by atoms with Crippen LogP contribution in [-0.4, -0.2) is 12.5 Å². The van der Waals surface area contributed by atoms with Crippen LogP contribution >= 0.6 is 22.6 Å². The summed E-state index contributed by atoms with van der Waals surface area (Å²) in [6.07, 6.45) is 0. The van der Waals surface area contributed by atoms with Crippen LogP contribution in [0.25, 0.3) is 0 Å². The predicted molar refractivity (Wildman–Crippen MR) is 93.9 cm³/mol. The summed E-state index contributed by atoms with van der Waals surface area (Å²) in [5, 5.41) is 2.88. The normalized spacial score (nSPS) is 10.0. The third-order valence-corrected chi connectivity index (χ3v) is 3.37. The molecule has 108 valence electrons. The molecule has 0 unspecified atom stereocenters. The molecule has 0 aliphatic rings. The highest BCUT2D eigenvalue weighted by Gasteiger charge is 2.10. The van der Waals surface area contributed by atoms with E-state index in [4.69, 9.17) is 4.74 Å². The number of ether oxygens (including phenoxy) is 1. The maximum absolute atomic E-state index is 12.3. The summed E-state index contributed by atoms with van der Waals surface area (Å²) in [5.41, 5.74) is 2.20. The Labute approximate surface area is 138 Å². The molecule has 0 saturated heterocycles. The van der Waals surface area contributed by atoms with E-state index in [9.17, 15) is 4.79 Å². The minimum Gasteiger partial charge on any atom is -0.487 e. The quantitative estimate of drug-likeness (QED) is 0.600. The Morgan fingerprint density at radius 2 is 2.00 bits per heavy atom. The van der Waals surface area contributed by atoms with Gasteiger partial charge in [0.1, 0.15) is 12.4 Å². The summed E-state index contributed by atoms with van der Waals surface area (Å²) in [6.45, 7) is 6.13. The minimum atomic E-state index is -0.153. The van der Waals surface area contributed by atoms with Crippen LogP contribution in [0.4, 0.5) is 5.69 Å². The fourth-order valence-corrected chi connectivity index (χ4v) is 2.26. The lowest BCUT2D eigenvalue weighted by atomic mass is 10.2. The Bertz CT molecular complexity index is 667. The van der Waals surface area contributed by atoms with Crippen molar-refractivity contribution in [1.29, 1.82) is 0 Å². The lowest BCUT2D eigenvalue weighted by Crippen LogP contribution is -2.13. The highest BCUT2D eigenvalue weighted by atomic mass is 127. The van der Waals surface area contributed by atoms with Gasteiger partial charge in [0.05, 0.1) is 5.69 Å². The molecule has 0 radical (unpaired) electrons. The molecule has 1 N–H and O–H groups in total. The second-order valence-electron chi connectivity index (χ2n) is 4.71. The number of nitrogens with one attached hydrogen (secondary N) is 1. The van der Waals surface area contributed by atoms with E-state index in [0.29, 0.717) is 23.6 Å². The van der Waals surface area contributed by atoms with E-state index < -0.39 is 0 Å². The summed E-state index contributed by atoms with van der Waals surface area (Å²) in [5.74, 6) is 0.486. The van der Waals surface area contributed by atoms with Crippen molar-refractivity contribution < 1.29 is 9.53 Å². The molecule has 0 spiro atoms. The van der Waals surface area contributed by atoms with Gasteiger partial charge in [0.15, 0.2) is 0 Å². The summed E-state index contributed by atoms with van der Waals surface area (Å²) in [7, 11) is 0. The van der Waals surface area contributed by atoms with E-state index in [0.717, 1.165) is 9.14 Å². The van der Waals surface area contributed by atoms with Gasteiger partial charge in [-0.2, -0.15) is 0 Å².